The van der Waals surface area contributed by atoms with Crippen molar-refractivity contribution in [3.8, 4) is 0 Å². The molecular formula is C17H29N3O. The van der Waals surface area contributed by atoms with Crippen molar-refractivity contribution in [1.29, 1.82) is 0 Å². The third kappa shape index (κ3) is 4.06. The maximum Gasteiger partial charge on any atom is 0.226 e. The third-order valence-corrected chi connectivity index (χ3v) is 5.41. The van der Waals surface area contributed by atoms with Crippen LogP contribution in [0.25, 0.3) is 0 Å². The van der Waals surface area contributed by atoms with E-state index >= 15 is 0 Å². The van der Waals surface area contributed by atoms with Gasteiger partial charge in [-0.15, -0.1) is 0 Å². The number of rotatable bonds is 4. The summed E-state index contributed by atoms with van der Waals surface area (Å²) in [6.45, 7) is 7.06. The second-order valence-corrected chi connectivity index (χ2v) is 7.72. The zero-order valence-electron chi connectivity index (χ0n) is 13.5. The molecule has 0 spiro atoms. The van der Waals surface area contributed by atoms with E-state index < -0.39 is 0 Å². The van der Waals surface area contributed by atoms with Gasteiger partial charge in [0.1, 0.15) is 0 Å². The quantitative estimate of drug-likeness (QED) is 0.919. The highest BCUT2D eigenvalue weighted by molar-refractivity contribution is 4.99. The number of piperidine rings is 1. The molecule has 0 radical (unpaired) electrons. The average molecular weight is 291 g/mol. The molecule has 0 atom stereocenters. The molecule has 1 saturated heterocycles. The van der Waals surface area contributed by atoms with E-state index in [0.717, 1.165) is 37.1 Å². The monoisotopic (exact) mass is 291 g/mol. The minimum Gasteiger partial charge on any atom is -0.339 e. The lowest BCUT2D eigenvalue weighted by atomic mass is 9.73. The Morgan fingerprint density at radius 3 is 2.57 bits per heavy atom. The maximum absolute atomic E-state index is 5.48. The van der Waals surface area contributed by atoms with E-state index in [1.54, 1.807) is 0 Å². The Hall–Kier alpha value is -0.900. The first-order valence-corrected chi connectivity index (χ1v) is 8.66. The lowest BCUT2D eigenvalue weighted by molar-refractivity contribution is 0.218. The highest BCUT2D eigenvalue weighted by Gasteiger charge is 2.30. The van der Waals surface area contributed by atoms with Crippen molar-refractivity contribution >= 4 is 0 Å². The summed E-state index contributed by atoms with van der Waals surface area (Å²) in [4.78, 5) is 4.67. The molecule has 1 aromatic rings. The number of hydrogen-bond acceptors (Lipinski definition) is 4. The number of aromatic nitrogens is 2. The molecule has 1 aliphatic carbocycles. The highest BCUT2D eigenvalue weighted by atomic mass is 16.5. The van der Waals surface area contributed by atoms with Crippen LogP contribution >= 0.6 is 0 Å². The summed E-state index contributed by atoms with van der Waals surface area (Å²) in [5, 5.41) is 7.67. The van der Waals surface area contributed by atoms with Gasteiger partial charge in [-0.2, -0.15) is 4.98 Å². The fourth-order valence-electron chi connectivity index (χ4n) is 3.69. The molecule has 2 aliphatic rings. The molecule has 1 saturated carbocycles. The van der Waals surface area contributed by atoms with Gasteiger partial charge in [0.15, 0.2) is 5.82 Å². The molecule has 4 heteroatoms. The van der Waals surface area contributed by atoms with Crippen LogP contribution in [0, 0.1) is 11.3 Å². The van der Waals surface area contributed by atoms with Crippen molar-refractivity contribution in [2.75, 3.05) is 13.1 Å². The topological polar surface area (TPSA) is 51.0 Å². The molecule has 2 heterocycles. The van der Waals surface area contributed by atoms with Gasteiger partial charge in [0.2, 0.25) is 5.89 Å². The Bertz CT molecular complexity index is 439. The predicted octanol–water partition coefficient (Wildman–Crippen LogP) is 3.69. The van der Waals surface area contributed by atoms with E-state index in [1.165, 1.54) is 44.9 Å². The molecule has 1 N–H and O–H groups in total. The molecule has 0 amide bonds. The van der Waals surface area contributed by atoms with Crippen LogP contribution in [0.3, 0.4) is 0 Å². The van der Waals surface area contributed by atoms with Crippen LogP contribution in [0.1, 0.15) is 76.4 Å². The average Bonchev–Trinajstić information content (AvgIpc) is 2.95. The summed E-state index contributed by atoms with van der Waals surface area (Å²) in [6, 6.07) is 0. The van der Waals surface area contributed by atoms with Crippen molar-refractivity contribution < 1.29 is 4.52 Å². The van der Waals surface area contributed by atoms with E-state index in [4.69, 9.17) is 4.52 Å². The standard InChI is InChI=1S/C17H29N3O/c1-17(2)9-5-14(6-10-17)16-19-15(21-20-16)4-3-13-7-11-18-12-8-13/h13-14,18H,3-12H2,1-2H3. The minimum absolute atomic E-state index is 0.498. The Labute approximate surface area is 128 Å². The van der Waals surface area contributed by atoms with E-state index in [9.17, 15) is 0 Å². The first kappa shape index (κ1) is 15.0. The highest BCUT2D eigenvalue weighted by Crippen LogP contribution is 2.41. The van der Waals surface area contributed by atoms with Gasteiger partial charge >= 0.3 is 0 Å². The fourth-order valence-corrected chi connectivity index (χ4v) is 3.69. The zero-order valence-corrected chi connectivity index (χ0v) is 13.5. The number of aryl methyl sites for hydroxylation is 1. The van der Waals surface area contributed by atoms with Crippen LogP contribution < -0.4 is 5.32 Å². The van der Waals surface area contributed by atoms with Gasteiger partial charge < -0.3 is 9.84 Å². The summed E-state index contributed by atoms with van der Waals surface area (Å²) in [6.07, 6.45) is 9.70. The molecule has 4 nitrogen and oxygen atoms in total. The molecule has 2 fully saturated rings. The van der Waals surface area contributed by atoms with Crippen LogP contribution in [0.2, 0.25) is 0 Å². The number of nitrogens with zero attached hydrogens (tertiary/aromatic N) is 2. The van der Waals surface area contributed by atoms with Crippen LogP contribution in [-0.4, -0.2) is 23.2 Å². The van der Waals surface area contributed by atoms with Crippen molar-refractivity contribution in [1.82, 2.24) is 15.5 Å². The SMILES string of the molecule is CC1(C)CCC(c2noc(CCC3CCNCC3)n2)CC1. The van der Waals surface area contributed by atoms with Gasteiger partial charge in [0, 0.05) is 12.3 Å². The van der Waals surface area contributed by atoms with Gasteiger partial charge in [-0.3, -0.25) is 0 Å². The van der Waals surface area contributed by atoms with Crippen LogP contribution in [0.4, 0.5) is 0 Å². The van der Waals surface area contributed by atoms with Crippen molar-refractivity contribution in [3.63, 3.8) is 0 Å². The van der Waals surface area contributed by atoms with E-state index in [2.05, 4.69) is 29.3 Å². The summed E-state index contributed by atoms with van der Waals surface area (Å²) in [7, 11) is 0. The smallest absolute Gasteiger partial charge is 0.226 e. The lowest BCUT2D eigenvalue weighted by Crippen LogP contribution is -2.27. The van der Waals surface area contributed by atoms with E-state index in [1.807, 2.05) is 0 Å². The van der Waals surface area contributed by atoms with E-state index in [0.29, 0.717) is 11.3 Å². The summed E-state index contributed by atoms with van der Waals surface area (Å²) < 4.78 is 5.48. The van der Waals surface area contributed by atoms with Gasteiger partial charge in [-0.05, 0) is 69.4 Å². The third-order valence-electron chi connectivity index (χ3n) is 5.41. The second-order valence-electron chi connectivity index (χ2n) is 7.72. The molecule has 21 heavy (non-hydrogen) atoms. The Morgan fingerprint density at radius 2 is 1.86 bits per heavy atom. The molecule has 0 aromatic carbocycles. The first-order chi connectivity index (χ1) is 10.1. The van der Waals surface area contributed by atoms with E-state index in [-0.39, 0.29) is 0 Å². The van der Waals surface area contributed by atoms with Crippen LogP contribution in [0.5, 0.6) is 0 Å². The van der Waals surface area contributed by atoms with Gasteiger partial charge in [0.25, 0.3) is 0 Å². The van der Waals surface area contributed by atoms with Crippen molar-refractivity contribution in [2.24, 2.45) is 11.3 Å². The fraction of sp³-hybridized carbons (Fsp3) is 0.882. The maximum atomic E-state index is 5.48. The molecule has 1 aromatic heterocycles. The Balaban J connectivity index is 1.49. The Kier molecular flexibility index (Phi) is 4.63. The molecular weight excluding hydrogens is 262 g/mol. The molecule has 1 aliphatic heterocycles. The number of hydrogen-bond donors (Lipinski definition) is 1. The Morgan fingerprint density at radius 1 is 1.14 bits per heavy atom. The summed E-state index contributed by atoms with van der Waals surface area (Å²) in [5.74, 6) is 3.17. The molecule has 3 rings (SSSR count). The lowest BCUT2D eigenvalue weighted by Gasteiger charge is -2.32. The van der Waals surface area contributed by atoms with Crippen molar-refractivity contribution in [3.05, 3.63) is 11.7 Å². The summed E-state index contributed by atoms with van der Waals surface area (Å²) in [5.41, 5.74) is 0.498. The molecule has 0 unspecified atom stereocenters. The van der Waals surface area contributed by atoms with Crippen molar-refractivity contribution in [2.45, 2.75) is 71.1 Å². The van der Waals surface area contributed by atoms with Gasteiger partial charge in [0.05, 0.1) is 0 Å². The zero-order chi connectivity index (χ0) is 14.7. The first-order valence-electron chi connectivity index (χ1n) is 8.66. The number of nitrogens with one attached hydrogen (secondary N) is 1. The molecule has 0 bridgehead atoms. The predicted molar refractivity (Wildman–Crippen MR) is 83.2 cm³/mol. The van der Waals surface area contributed by atoms with Gasteiger partial charge in [-0.1, -0.05) is 19.0 Å². The molecule has 118 valence electrons. The normalized spacial score (nSPS) is 24.3. The van der Waals surface area contributed by atoms with Crippen LogP contribution in [-0.2, 0) is 6.42 Å². The largest absolute Gasteiger partial charge is 0.339 e. The van der Waals surface area contributed by atoms with Crippen LogP contribution in [0.15, 0.2) is 4.52 Å². The second kappa shape index (κ2) is 6.47. The minimum atomic E-state index is 0.498. The van der Waals surface area contributed by atoms with Gasteiger partial charge in [-0.25, -0.2) is 0 Å². The summed E-state index contributed by atoms with van der Waals surface area (Å²) >= 11 is 0.